The molecule has 0 amide bonds. The molecule has 4 aromatic rings. The Labute approximate surface area is 262 Å². The van der Waals surface area contributed by atoms with Crippen molar-refractivity contribution in [3.63, 3.8) is 0 Å². The van der Waals surface area contributed by atoms with Crippen molar-refractivity contribution in [2.45, 2.75) is 50.5 Å². The number of halogens is 1. The highest BCUT2D eigenvalue weighted by molar-refractivity contribution is 6.00. The largest absolute Gasteiger partial charge is 0.468 e. The standard InChI is InChI=1S/C35H40FN5O4/c1-42-23-45-25-18-24-6-2-3-7-26(24)27(19-25)30-29(36)31-28(20-37-30)32(40-15-10-34(11-16-40)12-17-43-21-34)39-33(38-31)44-22-35-8-4-13-41(35)14-5-9-35/h2-3,6-7,18-20H,4-5,8-17,21-23H2,1H3. The van der Waals surface area contributed by atoms with Crippen LogP contribution in [0.15, 0.2) is 42.6 Å². The van der Waals surface area contributed by atoms with Crippen LogP contribution in [0.2, 0.25) is 0 Å². The minimum absolute atomic E-state index is 0.0297. The Balaban J connectivity index is 1.21. The van der Waals surface area contributed by atoms with E-state index in [1.54, 1.807) is 13.3 Å². The Hall–Kier alpha value is -3.60. The Kier molecular flexibility index (Phi) is 7.46. The molecule has 1 spiro atoms. The maximum atomic E-state index is 16.9. The average Bonchev–Trinajstić information content (AvgIpc) is 3.80. The van der Waals surface area contributed by atoms with Gasteiger partial charge in [0.15, 0.2) is 12.6 Å². The van der Waals surface area contributed by atoms with Crippen molar-refractivity contribution >= 4 is 27.5 Å². The summed E-state index contributed by atoms with van der Waals surface area (Å²) in [4.78, 5) is 19.2. The number of hydrogen-bond donors (Lipinski definition) is 0. The molecule has 0 aliphatic carbocycles. The monoisotopic (exact) mass is 613 g/mol. The van der Waals surface area contributed by atoms with Gasteiger partial charge in [-0.1, -0.05) is 24.3 Å². The fourth-order valence-electron chi connectivity index (χ4n) is 8.10. The van der Waals surface area contributed by atoms with Crippen LogP contribution in [0, 0.1) is 11.2 Å². The van der Waals surface area contributed by atoms with Gasteiger partial charge in [-0.15, -0.1) is 0 Å². The lowest BCUT2D eigenvalue weighted by atomic mass is 9.78. The van der Waals surface area contributed by atoms with Crippen LogP contribution in [0.25, 0.3) is 32.9 Å². The number of pyridine rings is 1. The van der Waals surface area contributed by atoms with Crippen molar-refractivity contribution in [1.29, 1.82) is 0 Å². The summed E-state index contributed by atoms with van der Waals surface area (Å²) in [5.74, 6) is 0.777. The number of fused-ring (bicyclic) bond motifs is 3. The van der Waals surface area contributed by atoms with E-state index in [1.165, 1.54) is 12.8 Å². The topological polar surface area (TPSA) is 82.1 Å². The second kappa shape index (κ2) is 11.6. The molecular formula is C35H40FN5O4. The molecule has 8 rings (SSSR count). The van der Waals surface area contributed by atoms with E-state index < -0.39 is 5.82 Å². The summed E-state index contributed by atoms with van der Waals surface area (Å²) in [5, 5.41) is 2.39. The zero-order valence-electron chi connectivity index (χ0n) is 25.9. The van der Waals surface area contributed by atoms with Crippen LogP contribution < -0.4 is 14.4 Å². The zero-order chi connectivity index (χ0) is 30.4. The molecule has 0 bridgehead atoms. The Morgan fingerprint density at radius 3 is 2.53 bits per heavy atom. The first-order valence-electron chi connectivity index (χ1n) is 16.3. The second-order valence-corrected chi connectivity index (χ2v) is 13.3. The molecule has 236 valence electrons. The molecule has 0 unspecified atom stereocenters. The van der Waals surface area contributed by atoms with Gasteiger partial charge >= 0.3 is 6.01 Å². The van der Waals surface area contributed by atoms with E-state index in [9.17, 15) is 0 Å². The van der Waals surface area contributed by atoms with Gasteiger partial charge in [-0.2, -0.15) is 9.97 Å². The van der Waals surface area contributed by atoms with E-state index in [4.69, 9.17) is 33.9 Å². The fourth-order valence-corrected chi connectivity index (χ4v) is 8.10. The van der Waals surface area contributed by atoms with Gasteiger partial charge in [0.25, 0.3) is 0 Å². The third kappa shape index (κ3) is 5.16. The molecule has 2 aromatic heterocycles. The van der Waals surface area contributed by atoms with Crippen LogP contribution in [-0.4, -0.2) is 85.3 Å². The predicted molar refractivity (Wildman–Crippen MR) is 170 cm³/mol. The second-order valence-electron chi connectivity index (χ2n) is 13.3. The third-order valence-electron chi connectivity index (χ3n) is 10.7. The summed E-state index contributed by atoms with van der Waals surface area (Å²) in [6.07, 6.45) is 9.43. The summed E-state index contributed by atoms with van der Waals surface area (Å²) in [7, 11) is 1.57. The molecule has 4 aliphatic heterocycles. The number of nitrogens with zero attached hydrogens (tertiary/aromatic N) is 5. The summed E-state index contributed by atoms with van der Waals surface area (Å²) < 4.78 is 40.0. The van der Waals surface area contributed by atoms with Crippen molar-refractivity contribution in [3.8, 4) is 23.0 Å². The number of anilines is 1. The molecule has 2 aromatic carbocycles. The minimum Gasteiger partial charge on any atom is -0.468 e. The molecular weight excluding hydrogens is 573 g/mol. The van der Waals surface area contributed by atoms with Gasteiger partial charge < -0.3 is 23.8 Å². The van der Waals surface area contributed by atoms with Gasteiger partial charge in [-0.3, -0.25) is 9.88 Å². The lowest BCUT2D eigenvalue weighted by molar-refractivity contribution is 0.0512. The molecule has 4 saturated heterocycles. The lowest BCUT2D eigenvalue weighted by Gasteiger charge is -2.39. The number of aromatic nitrogens is 3. The first kappa shape index (κ1) is 28.8. The van der Waals surface area contributed by atoms with E-state index in [1.807, 2.05) is 36.4 Å². The first-order valence-corrected chi connectivity index (χ1v) is 16.3. The quantitative estimate of drug-likeness (QED) is 0.223. The zero-order valence-corrected chi connectivity index (χ0v) is 25.9. The third-order valence-corrected chi connectivity index (χ3v) is 10.7. The van der Waals surface area contributed by atoms with E-state index in [0.29, 0.717) is 29.1 Å². The number of hydrogen-bond acceptors (Lipinski definition) is 9. The normalized spacial score (nSPS) is 20.8. The van der Waals surface area contributed by atoms with E-state index in [2.05, 4.69) is 9.80 Å². The molecule has 4 fully saturated rings. The summed E-state index contributed by atoms with van der Waals surface area (Å²) in [6, 6.07) is 11.8. The van der Waals surface area contributed by atoms with Crippen LogP contribution in [0.4, 0.5) is 10.2 Å². The highest BCUT2D eigenvalue weighted by Crippen LogP contribution is 2.43. The van der Waals surface area contributed by atoms with Gasteiger partial charge in [0.2, 0.25) is 0 Å². The van der Waals surface area contributed by atoms with E-state index in [-0.39, 0.29) is 35.0 Å². The van der Waals surface area contributed by atoms with Crippen LogP contribution in [0.3, 0.4) is 0 Å². The van der Waals surface area contributed by atoms with Crippen LogP contribution in [0.1, 0.15) is 44.9 Å². The van der Waals surface area contributed by atoms with Crippen molar-refractivity contribution in [2.75, 3.05) is 64.8 Å². The number of rotatable bonds is 8. The van der Waals surface area contributed by atoms with E-state index in [0.717, 1.165) is 82.3 Å². The van der Waals surface area contributed by atoms with Crippen molar-refractivity contribution in [2.24, 2.45) is 5.41 Å². The summed E-state index contributed by atoms with van der Waals surface area (Å²) in [5.41, 5.74) is 1.34. The molecule has 0 radical (unpaired) electrons. The molecule has 0 atom stereocenters. The van der Waals surface area contributed by atoms with Gasteiger partial charge in [0, 0.05) is 38.6 Å². The Morgan fingerprint density at radius 1 is 0.933 bits per heavy atom. The lowest BCUT2D eigenvalue weighted by Crippen LogP contribution is -2.43. The highest BCUT2D eigenvalue weighted by Gasteiger charge is 2.45. The number of ether oxygens (including phenoxy) is 4. The Morgan fingerprint density at radius 2 is 1.76 bits per heavy atom. The maximum Gasteiger partial charge on any atom is 0.319 e. The fraction of sp³-hybridized carbons (Fsp3) is 0.514. The van der Waals surface area contributed by atoms with Crippen LogP contribution >= 0.6 is 0 Å². The summed E-state index contributed by atoms with van der Waals surface area (Å²) in [6.45, 7) is 6.11. The maximum absolute atomic E-state index is 16.9. The van der Waals surface area contributed by atoms with Gasteiger partial charge in [0.05, 0.1) is 17.5 Å². The smallest absolute Gasteiger partial charge is 0.319 e. The molecule has 45 heavy (non-hydrogen) atoms. The van der Waals surface area contributed by atoms with Gasteiger partial charge in [0.1, 0.15) is 29.4 Å². The van der Waals surface area contributed by atoms with E-state index >= 15 is 4.39 Å². The molecule has 0 saturated carbocycles. The molecule has 6 heterocycles. The average molecular weight is 614 g/mol. The number of piperidine rings is 1. The van der Waals surface area contributed by atoms with Crippen molar-refractivity contribution in [3.05, 3.63) is 48.4 Å². The molecule has 4 aliphatic rings. The predicted octanol–water partition coefficient (Wildman–Crippen LogP) is 5.98. The van der Waals surface area contributed by atoms with Crippen molar-refractivity contribution in [1.82, 2.24) is 19.9 Å². The number of methoxy groups -OCH3 is 1. The van der Waals surface area contributed by atoms with Crippen LogP contribution in [0.5, 0.6) is 11.8 Å². The molecule has 10 heteroatoms. The molecule has 0 N–H and O–H groups in total. The van der Waals surface area contributed by atoms with Gasteiger partial charge in [-0.25, -0.2) is 4.39 Å². The number of benzene rings is 2. The Bertz CT molecular complexity index is 1710. The van der Waals surface area contributed by atoms with Gasteiger partial charge in [-0.05, 0) is 86.4 Å². The highest BCUT2D eigenvalue weighted by atomic mass is 19.1. The summed E-state index contributed by atoms with van der Waals surface area (Å²) >= 11 is 0. The first-order chi connectivity index (χ1) is 22.1. The minimum atomic E-state index is -0.491. The van der Waals surface area contributed by atoms with Crippen LogP contribution in [-0.2, 0) is 9.47 Å². The van der Waals surface area contributed by atoms with Crippen molar-refractivity contribution < 1.29 is 23.3 Å². The molecule has 9 nitrogen and oxygen atoms in total. The SMILES string of the molecule is COCOc1cc(-c2ncc3c(N4CCC5(CCOC5)CC4)nc(OCC45CCCN4CCC5)nc3c2F)c2ccccc2c1.